The number of aliphatic hydroxyl groups excluding tert-OH is 1. The molecule has 0 aliphatic heterocycles. The van der Waals surface area contributed by atoms with Gasteiger partial charge in [0.15, 0.2) is 5.65 Å². The van der Waals surface area contributed by atoms with Crippen LogP contribution in [0.1, 0.15) is 50.0 Å². The van der Waals surface area contributed by atoms with Crippen molar-refractivity contribution < 1.29 is 5.11 Å². The van der Waals surface area contributed by atoms with Crippen LogP contribution in [-0.4, -0.2) is 37.5 Å². The highest BCUT2D eigenvalue weighted by Gasteiger charge is 2.21. The predicted octanol–water partition coefficient (Wildman–Crippen LogP) is 2.72. The van der Waals surface area contributed by atoms with Gasteiger partial charge >= 0.3 is 0 Å². The molecule has 0 amide bonds. The summed E-state index contributed by atoms with van der Waals surface area (Å²) in [7, 11) is 1.90. The Morgan fingerprint density at radius 1 is 1.22 bits per heavy atom. The standard InChI is InChI=1S/C17H27N5O/c1-11-15-16(18-12(2)19-17(15)22(3)21-11)20-14(10-23)9-13-7-5-4-6-8-13/h13-14,23H,4-10H2,1-3H3,(H,18,19,20)/t14-/m0/s1. The van der Waals surface area contributed by atoms with Gasteiger partial charge < -0.3 is 10.4 Å². The zero-order chi connectivity index (χ0) is 16.4. The van der Waals surface area contributed by atoms with Gasteiger partial charge in [0.05, 0.1) is 23.7 Å². The molecule has 1 atom stereocenters. The van der Waals surface area contributed by atoms with E-state index in [1.165, 1.54) is 32.1 Å². The van der Waals surface area contributed by atoms with Gasteiger partial charge in [-0.1, -0.05) is 32.1 Å². The number of fused-ring (bicyclic) bond motifs is 1. The van der Waals surface area contributed by atoms with Crippen molar-refractivity contribution in [2.24, 2.45) is 13.0 Å². The molecule has 126 valence electrons. The second kappa shape index (κ2) is 6.83. The van der Waals surface area contributed by atoms with E-state index in [-0.39, 0.29) is 12.6 Å². The van der Waals surface area contributed by atoms with E-state index < -0.39 is 0 Å². The minimum atomic E-state index is 0.0372. The van der Waals surface area contributed by atoms with Gasteiger partial charge in [0, 0.05) is 7.05 Å². The summed E-state index contributed by atoms with van der Waals surface area (Å²) in [5, 5.41) is 18.7. The number of aliphatic hydroxyl groups is 1. The molecule has 2 aromatic heterocycles. The first-order valence-corrected chi connectivity index (χ1v) is 8.63. The molecule has 6 nitrogen and oxygen atoms in total. The van der Waals surface area contributed by atoms with Crippen molar-refractivity contribution in [2.75, 3.05) is 11.9 Å². The lowest BCUT2D eigenvalue weighted by Gasteiger charge is -2.26. The van der Waals surface area contributed by atoms with Crippen LogP contribution in [-0.2, 0) is 7.05 Å². The van der Waals surface area contributed by atoms with Crippen molar-refractivity contribution >= 4 is 16.9 Å². The number of aryl methyl sites for hydroxylation is 3. The molecule has 0 bridgehead atoms. The topological polar surface area (TPSA) is 75.9 Å². The van der Waals surface area contributed by atoms with Crippen molar-refractivity contribution in [2.45, 2.75) is 58.4 Å². The highest BCUT2D eigenvalue weighted by Crippen LogP contribution is 2.29. The van der Waals surface area contributed by atoms with E-state index in [1.54, 1.807) is 4.68 Å². The first-order chi connectivity index (χ1) is 11.1. The lowest BCUT2D eigenvalue weighted by Crippen LogP contribution is -2.28. The van der Waals surface area contributed by atoms with Gasteiger partial charge in [0.2, 0.25) is 0 Å². The average molecular weight is 317 g/mol. The summed E-state index contributed by atoms with van der Waals surface area (Å²) in [5.41, 5.74) is 1.76. The van der Waals surface area contributed by atoms with Crippen molar-refractivity contribution in [3.05, 3.63) is 11.5 Å². The maximum atomic E-state index is 9.81. The minimum Gasteiger partial charge on any atom is -0.394 e. The number of hydrogen-bond donors (Lipinski definition) is 2. The van der Waals surface area contributed by atoms with Crippen LogP contribution < -0.4 is 5.32 Å². The molecular formula is C17H27N5O. The monoisotopic (exact) mass is 317 g/mol. The van der Waals surface area contributed by atoms with E-state index >= 15 is 0 Å². The lowest BCUT2D eigenvalue weighted by molar-refractivity contribution is 0.237. The molecular weight excluding hydrogens is 290 g/mol. The number of nitrogens with one attached hydrogen (secondary N) is 1. The largest absolute Gasteiger partial charge is 0.394 e. The highest BCUT2D eigenvalue weighted by atomic mass is 16.3. The predicted molar refractivity (Wildman–Crippen MR) is 91.5 cm³/mol. The molecule has 0 spiro atoms. The average Bonchev–Trinajstić information content (AvgIpc) is 2.82. The fourth-order valence-corrected chi connectivity index (χ4v) is 3.75. The molecule has 1 aliphatic carbocycles. The van der Waals surface area contributed by atoms with E-state index in [0.29, 0.717) is 5.92 Å². The zero-order valence-electron chi connectivity index (χ0n) is 14.3. The lowest BCUT2D eigenvalue weighted by atomic mass is 9.85. The van der Waals surface area contributed by atoms with Gasteiger partial charge in [-0.2, -0.15) is 5.10 Å². The molecule has 6 heteroatoms. The summed E-state index contributed by atoms with van der Waals surface area (Å²) in [4.78, 5) is 9.06. The summed E-state index contributed by atoms with van der Waals surface area (Å²) in [5.74, 6) is 2.23. The Kier molecular flexibility index (Phi) is 4.80. The molecule has 2 N–H and O–H groups in total. The maximum absolute atomic E-state index is 9.81. The van der Waals surface area contributed by atoms with E-state index in [9.17, 15) is 5.11 Å². The third-order valence-corrected chi connectivity index (χ3v) is 4.87. The van der Waals surface area contributed by atoms with Crippen LogP contribution in [0.2, 0.25) is 0 Å². The van der Waals surface area contributed by atoms with E-state index in [0.717, 1.165) is 34.8 Å². The normalized spacial score (nSPS) is 17.6. The maximum Gasteiger partial charge on any atom is 0.163 e. The molecule has 23 heavy (non-hydrogen) atoms. The molecule has 1 fully saturated rings. The van der Waals surface area contributed by atoms with Gasteiger partial charge in [0.1, 0.15) is 11.6 Å². The van der Waals surface area contributed by atoms with Crippen LogP contribution >= 0.6 is 0 Å². The number of hydrogen-bond acceptors (Lipinski definition) is 5. The quantitative estimate of drug-likeness (QED) is 0.887. The first-order valence-electron chi connectivity index (χ1n) is 8.63. The van der Waals surface area contributed by atoms with Gasteiger partial charge in [-0.25, -0.2) is 9.97 Å². The molecule has 0 unspecified atom stereocenters. The Hall–Kier alpha value is -1.69. The molecule has 0 radical (unpaired) electrons. The molecule has 2 aromatic rings. The van der Waals surface area contributed by atoms with E-state index in [4.69, 9.17) is 0 Å². The van der Waals surface area contributed by atoms with Crippen LogP contribution in [0.5, 0.6) is 0 Å². The summed E-state index contributed by atoms with van der Waals surface area (Å²) >= 11 is 0. The summed E-state index contributed by atoms with van der Waals surface area (Å²) in [6.45, 7) is 3.99. The SMILES string of the molecule is Cc1nc(N[C@H](CO)CC2CCCCC2)c2c(C)nn(C)c2n1. The Bertz CT molecular complexity index is 675. The smallest absolute Gasteiger partial charge is 0.163 e. The van der Waals surface area contributed by atoms with Gasteiger partial charge in [-0.3, -0.25) is 4.68 Å². The Balaban J connectivity index is 1.84. The first kappa shape index (κ1) is 16.2. The van der Waals surface area contributed by atoms with Crippen molar-refractivity contribution in [3.8, 4) is 0 Å². The minimum absolute atomic E-state index is 0.0372. The van der Waals surface area contributed by atoms with Crippen LogP contribution in [0.25, 0.3) is 11.0 Å². The molecule has 0 saturated heterocycles. The van der Waals surface area contributed by atoms with Crippen molar-refractivity contribution in [1.29, 1.82) is 0 Å². The third-order valence-electron chi connectivity index (χ3n) is 4.87. The van der Waals surface area contributed by atoms with Gasteiger partial charge in [-0.05, 0) is 26.2 Å². The van der Waals surface area contributed by atoms with E-state index in [2.05, 4.69) is 20.4 Å². The second-order valence-corrected chi connectivity index (χ2v) is 6.79. The molecule has 0 aromatic carbocycles. The Morgan fingerprint density at radius 2 is 1.96 bits per heavy atom. The molecule has 1 aliphatic rings. The van der Waals surface area contributed by atoms with Gasteiger partial charge in [-0.15, -0.1) is 0 Å². The van der Waals surface area contributed by atoms with Crippen molar-refractivity contribution in [1.82, 2.24) is 19.7 Å². The molecule has 3 rings (SSSR count). The summed E-state index contributed by atoms with van der Waals surface area (Å²) in [6, 6.07) is 0.0372. The number of nitrogens with zero attached hydrogens (tertiary/aromatic N) is 4. The Morgan fingerprint density at radius 3 is 2.65 bits per heavy atom. The van der Waals surface area contributed by atoms with Gasteiger partial charge in [0.25, 0.3) is 0 Å². The van der Waals surface area contributed by atoms with Crippen LogP contribution in [0.4, 0.5) is 5.82 Å². The summed E-state index contributed by atoms with van der Waals surface area (Å²) in [6.07, 6.45) is 7.56. The number of rotatable bonds is 5. The van der Waals surface area contributed by atoms with Crippen LogP contribution in [0.3, 0.4) is 0 Å². The molecule has 2 heterocycles. The number of anilines is 1. The molecule has 1 saturated carbocycles. The van der Waals surface area contributed by atoms with Crippen LogP contribution in [0.15, 0.2) is 0 Å². The van der Waals surface area contributed by atoms with Crippen LogP contribution in [0, 0.1) is 19.8 Å². The van der Waals surface area contributed by atoms with Crippen molar-refractivity contribution in [3.63, 3.8) is 0 Å². The second-order valence-electron chi connectivity index (χ2n) is 6.79. The number of aromatic nitrogens is 4. The Labute approximate surface area is 137 Å². The zero-order valence-corrected chi connectivity index (χ0v) is 14.3. The van der Waals surface area contributed by atoms with E-state index in [1.807, 2.05) is 20.9 Å². The fourth-order valence-electron chi connectivity index (χ4n) is 3.75. The summed E-state index contributed by atoms with van der Waals surface area (Å²) < 4.78 is 1.79. The highest BCUT2D eigenvalue weighted by molar-refractivity contribution is 5.89. The third kappa shape index (κ3) is 3.47. The fraction of sp³-hybridized carbons (Fsp3) is 0.706.